The Morgan fingerprint density at radius 2 is 0.909 bits per heavy atom. The zero-order valence-corrected chi connectivity index (χ0v) is 16.5. The standard InChI is InChI=1S/C22H46/c1-5-8-11-14-17-21(4)20-22(18-15-12-9-6-2)19-16-13-10-7-3/h21-22H,5-20H2,1-4H3. The summed E-state index contributed by atoms with van der Waals surface area (Å²) in [5, 5.41) is 0. The first kappa shape index (κ1) is 22.0. The van der Waals surface area contributed by atoms with Gasteiger partial charge in [0.1, 0.15) is 0 Å². The van der Waals surface area contributed by atoms with Gasteiger partial charge >= 0.3 is 0 Å². The summed E-state index contributed by atoms with van der Waals surface area (Å²) in [5.41, 5.74) is 0. The van der Waals surface area contributed by atoms with Gasteiger partial charge in [-0.2, -0.15) is 0 Å². The van der Waals surface area contributed by atoms with E-state index in [-0.39, 0.29) is 0 Å². The van der Waals surface area contributed by atoms with Crippen LogP contribution in [0.5, 0.6) is 0 Å². The maximum absolute atomic E-state index is 2.51. The van der Waals surface area contributed by atoms with E-state index in [1.54, 1.807) is 0 Å². The molecule has 0 rings (SSSR count). The van der Waals surface area contributed by atoms with E-state index in [2.05, 4.69) is 27.7 Å². The number of unbranched alkanes of at least 4 members (excludes halogenated alkanes) is 9. The predicted molar refractivity (Wildman–Crippen MR) is 104 cm³/mol. The van der Waals surface area contributed by atoms with Crippen LogP contribution >= 0.6 is 0 Å². The van der Waals surface area contributed by atoms with Crippen molar-refractivity contribution >= 4 is 0 Å². The molecule has 0 aliphatic rings. The summed E-state index contributed by atoms with van der Waals surface area (Å²) in [6.45, 7) is 9.46. The molecular weight excluding hydrogens is 264 g/mol. The normalized spacial score (nSPS) is 13.0. The van der Waals surface area contributed by atoms with Gasteiger partial charge in [0.25, 0.3) is 0 Å². The van der Waals surface area contributed by atoms with Gasteiger partial charge in [-0.05, 0) is 18.3 Å². The molecule has 0 radical (unpaired) electrons. The summed E-state index contributed by atoms with van der Waals surface area (Å²) in [6.07, 6.45) is 23.2. The Hall–Kier alpha value is 0. The van der Waals surface area contributed by atoms with Gasteiger partial charge in [0.2, 0.25) is 0 Å². The van der Waals surface area contributed by atoms with Crippen molar-refractivity contribution in [2.75, 3.05) is 0 Å². The van der Waals surface area contributed by atoms with Gasteiger partial charge in [-0.3, -0.25) is 0 Å². The van der Waals surface area contributed by atoms with Gasteiger partial charge in [-0.15, -0.1) is 0 Å². The second-order valence-corrected chi connectivity index (χ2v) is 7.75. The fourth-order valence-electron chi connectivity index (χ4n) is 3.71. The highest BCUT2D eigenvalue weighted by atomic mass is 14.2. The van der Waals surface area contributed by atoms with E-state index in [1.807, 2.05) is 0 Å². The van der Waals surface area contributed by atoms with Gasteiger partial charge < -0.3 is 0 Å². The van der Waals surface area contributed by atoms with E-state index in [0.717, 1.165) is 11.8 Å². The van der Waals surface area contributed by atoms with Crippen LogP contribution in [0.3, 0.4) is 0 Å². The maximum atomic E-state index is 2.51. The van der Waals surface area contributed by atoms with Crippen molar-refractivity contribution < 1.29 is 0 Å². The van der Waals surface area contributed by atoms with Crippen molar-refractivity contribution in [1.29, 1.82) is 0 Å². The molecule has 0 aromatic carbocycles. The molecule has 0 N–H and O–H groups in total. The highest BCUT2D eigenvalue weighted by Gasteiger charge is 2.13. The van der Waals surface area contributed by atoms with E-state index < -0.39 is 0 Å². The van der Waals surface area contributed by atoms with E-state index >= 15 is 0 Å². The maximum Gasteiger partial charge on any atom is -0.0412 e. The van der Waals surface area contributed by atoms with Crippen LogP contribution in [0.1, 0.15) is 130 Å². The summed E-state index contributed by atoms with van der Waals surface area (Å²) >= 11 is 0. The fraction of sp³-hybridized carbons (Fsp3) is 1.00. The van der Waals surface area contributed by atoms with Crippen molar-refractivity contribution in [1.82, 2.24) is 0 Å². The van der Waals surface area contributed by atoms with E-state index in [0.29, 0.717) is 0 Å². The molecule has 0 aromatic heterocycles. The van der Waals surface area contributed by atoms with Crippen molar-refractivity contribution in [3.8, 4) is 0 Å². The van der Waals surface area contributed by atoms with Gasteiger partial charge in [-0.1, -0.05) is 124 Å². The van der Waals surface area contributed by atoms with Crippen LogP contribution in [0.15, 0.2) is 0 Å². The zero-order chi connectivity index (χ0) is 16.5. The fourth-order valence-corrected chi connectivity index (χ4v) is 3.71. The van der Waals surface area contributed by atoms with Crippen molar-refractivity contribution in [2.45, 2.75) is 130 Å². The Kier molecular flexibility index (Phi) is 17.4. The van der Waals surface area contributed by atoms with E-state index in [9.17, 15) is 0 Å². The monoisotopic (exact) mass is 310 g/mol. The number of rotatable bonds is 17. The molecule has 0 saturated carbocycles. The first-order valence-corrected chi connectivity index (χ1v) is 10.7. The summed E-state index contributed by atoms with van der Waals surface area (Å²) in [6, 6.07) is 0. The molecule has 1 atom stereocenters. The van der Waals surface area contributed by atoms with Gasteiger partial charge in [-0.25, -0.2) is 0 Å². The molecule has 0 saturated heterocycles. The molecular formula is C22H46. The third kappa shape index (κ3) is 14.9. The molecule has 0 spiro atoms. The minimum absolute atomic E-state index is 0.958. The topological polar surface area (TPSA) is 0 Å². The Morgan fingerprint density at radius 1 is 0.500 bits per heavy atom. The lowest BCUT2D eigenvalue weighted by molar-refractivity contribution is 0.314. The van der Waals surface area contributed by atoms with Gasteiger partial charge in [0.15, 0.2) is 0 Å². The summed E-state index contributed by atoms with van der Waals surface area (Å²) < 4.78 is 0. The highest BCUT2D eigenvalue weighted by molar-refractivity contribution is 4.65. The highest BCUT2D eigenvalue weighted by Crippen LogP contribution is 2.27. The molecule has 0 fully saturated rings. The van der Waals surface area contributed by atoms with Crippen molar-refractivity contribution in [3.05, 3.63) is 0 Å². The van der Waals surface area contributed by atoms with Gasteiger partial charge in [0.05, 0.1) is 0 Å². The summed E-state index contributed by atoms with van der Waals surface area (Å²) in [5.74, 6) is 1.98. The Bertz CT molecular complexity index is 184. The molecule has 22 heavy (non-hydrogen) atoms. The lowest BCUT2D eigenvalue weighted by Gasteiger charge is -2.21. The van der Waals surface area contributed by atoms with Crippen LogP contribution in [0.25, 0.3) is 0 Å². The SMILES string of the molecule is CCCCCCC(C)CC(CCCCCC)CCCCCC. The largest absolute Gasteiger partial charge is 0.0654 e. The number of hydrogen-bond acceptors (Lipinski definition) is 0. The lowest BCUT2D eigenvalue weighted by atomic mass is 9.85. The Morgan fingerprint density at radius 3 is 1.32 bits per heavy atom. The lowest BCUT2D eigenvalue weighted by Crippen LogP contribution is -2.07. The molecule has 134 valence electrons. The molecule has 0 nitrogen and oxygen atoms in total. The quantitative estimate of drug-likeness (QED) is 0.236. The zero-order valence-electron chi connectivity index (χ0n) is 16.5. The van der Waals surface area contributed by atoms with Crippen molar-refractivity contribution in [3.63, 3.8) is 0 Å². The molecule has 0 amide bonds. The molecule has 0 heterocycles. The molecule has 0 aliphatic heterocycles. The Labute approximate surface area is 142 Å². The molecule has 0 aliphatic carbocycles. The third-order valence-corrected chi connectivity index (χ3v) is 5.22. The Balaban J connectivity index is 3.91. The molecule has 0 heteroatoms. The number of hydrogen-bond donors (Lipinski definition) is 0. The first-order valence-electron chi connectivity index (χ1n) is 10.7. The van der Waals surface area contributed by atoms with Crippen LogP contribution in [0, 0.1) is 11.8 Å². The average molecular weight is 311 g/mol. The average Bonchev–Trinajstić information content (AvgIpc) is 2.52. The first-order chi connectivity index (χ1) is 10.7. The smallest absolute Gasteiger partial charge is 0.0412 e. The van der Waals surface area contributed by atoms with Crippen molar-refractivity contribution in [2.24, 2.45) is 11.8 Å². The van der Waals surface area contributed by atoms with E-state index in [4.69, 9.17) is 0 Å². The minimum Gasteiger partial charge on any atom is -0.0654 e. The molecule has 1 unspecified atom stereocenters. The molecule has 0 aromatic rings. The van der Waals surface area contributed by atoms with Crippen LogP contribution < -0.4 is 0 Å². The third-order valence-electron chi connectivity index (χ3n) is 5.22. The minimum atomic E-state index is 0.958. The van der Waals surface area contributed by atoms with Crippen LogP contribution in [0.2, 0.25) is 0 Å². The van der Waals surface area contributed by atoms with Gasteiger partial charge in [0, 0.05) is 0 Å². The van der Waals surface area contributed by atoms with E-state index in [1.165, 1.54) is 103 Å². The second kappa shape index (κ2) is 17.4. The second-order valence-electron chi connectivity index (χ2n) is 7.75. The van der Waals surface area contributed by atoms with Crippen LogP contribution in [-0.4, -0.2) is 0 Å². The molecule has 0 bridgehead atoms. The predicted octanol–water partition coefficient (Wildman–Crippen LogP) is 8.54. The van der Waals surface area contributed by atoms with Crippen LogP contribution in [-0.2, 0) is 0 Å². The summed E-state index contributed by atoms with van der Waals surface area (Å²) in [4.78, 5) is 0. The summed E-state index contributed by atoms with van der Waals surface area (Å²) in [7, 11) is 0. The van der Waals surface area contributed by atoms with Crippen LogP contribution in [0.4, 0.5) is 0 Å².